The molecule has 4 N–H and O–H groups in total. The second kappa shape index (κ2) is 20.5. The molecule has 1 heterocycles. The average Bonchev–Trinajstić information content (AvgIpc) is 3.58. The molecule has 1 fully saturated rings. The number of rotatable bonds is 20. The van der Waals surface area contributed by atoms with Crippen LogP contribution in [0.3, 0.4) is 0 Å². The first kappa shape index (κ1) is 46.1. The SMILES string of the molecule is CC[C@H](C)[C@@H]([C@@H](CC(=O)N1CCC[C@H]1[C@H](OC)[C@@H](C)C(=O)N[C@H](C)[C@@H](O)c1ccccc1)OC)N(C)C(=O)[C@@H](NC(=O)[C@H](C(C)C)N(C)C)C(C)(C)O. The van der Waals surface area contributed by atoms with Gasteiger partial charge in [-0.3, -0.25) is 24.1 Å². The Morgan fingerprint density at radius 1 is 0.962 bits per heavy atom. The summed E-state index contributed by atoms with van der Waals surface area (Å²) in [4.78, 5) is 60.4. The standard InChI is InChI=1S/C40H69N5O8/c1-14-25(4)33(44(11)39(50)36(40(7,8)51)42-38(49)32(24(2)3)43(9)10)30(52-12)23-31(46)45-22-18-21-29(45)35(53-13)26(5)37(48)41-27(6)34(47)28-19-16-15-17-20-28/h15-17,19-20,24-27,29-30,32-36,47,51H,14,18,21-23H2,1-13H3,(H,41,48)(H,42,49)/t25-,26+,27+,29-,30+,32-,33-,34+,35+,36+/m0/s1. The van der Waals surface area contributed by atoms with E-state index in [0.717, 1.165) is 6.42 Å². The normalized spacial score (nSPS) is 20.2. The van der Waals surface area contributed by atoms with Crippen molar-refractivity contribution in [2.45, 2.75) is 135 Å². The molecule has 10 atom stereocenters. The van der Waals surface area contributed by atoms with E-state index in [4.69, 9.17) is 9.47 Å². The number of nitrogens with zero attached hydrogens (tertiary/aromatic N) is 3. The predicted molar refractivity (Wildman–Crippen MR) is 206 cm³/mol. The van der Waals surface area contributed by atoms with E-state index in [1.165, 1.54) is 33.0 Å². The van der Waals surface area contributed by atoms with E-state index in [2.05, 4.69) is 10.6 Å². The van der Waals surface area contributed by atoms with Crippen molar-refractivity contribution in [3.63, 3.8) is 0 Å². The second-order valence-corrected chi connectivity index (χ2v) is 16.0. The molecule has 0 spiro atoms. The van der Waals surface area contributed by atoms with Crippen LogP contribution in [-0.2, 0) is 28.7 Å². The number of hydrogen-bond donors (Lipinski definition) is 4. The van der Waals surface area contributed by atoms with Gasteiger partial charge in [0, 0.05) is 27.8 Å². The van der Waals surface area contributed by atoms with Crippen LogP contribution in [0.25, 0.3) is 0 Å². The summed E-state index contributed by atoms with van der Waals surface area (Å²) in [5, 5.41) is 27.7. The van der Waals surface area contributed by atoms with Crippen LogP contribution < -0.4 is 10.6 Å². The Labute approximate surface area is 318 Å². The lowest BCUT2D eigenvalue weighted by molar-refractivity contribution is -0.151. The Morgan fingerprint density at radius 3 is 2.06 bits per heavy atom. The fraction of sp³-hybridized carbons (Fsp3) is 0.750. The van der Waals surface area contributed by atoms with Gasteiger partial charge in [0.2, 0.25) is 23.6 Å². The maximum atomic E-state index is 14.2. The molecule has 0 unspecified atom stereocenters. The summed E-state index contributed by atoms with van der Waals surface area (Å²) in [6.07, 6.45) is -0.190. The van der Waals surface area contributed by atoms with Gasteiger partial charge in [-0.1, -0.05) is 71.4 Å². The summed E-state index contributed by atoms with van der Waals surface area (Å²) in [7, 11) is 8.27. The third-order valence-corrected chi connectivity index (χ3v) is 10.9. The fourth-order valence-electron chi connectivity index (χ4n) is 7.79. The van der Waals surface area contributed by atoms with Crippen molar-refractivity contribution in [2.75, 3.05) is 41.9 Å². The van der Waals surface area contributed by atoms with E-state index in [0.29, 0.717) is 24.9 Å². The molecule has 0 bridgehead atoms. The Morgan fingerprint density at radius 2 is 1.57 bits per heavy atom. The molecule has 0 saturated carbocycles. The first-order chi connectivity index (χ1) is 24.7. The molecule has 13 nitrogen and oxygen atoms in total. The smallest absolute Gasteiger partial charge is 0.248 e. The topological polar surface area (TPSA) is 161 Å². The third-order valence-electron chi connectivity index (χ3n) is 10.9. The Balaban J connectivity index is 2.29. The summed E-state index contributed by atoms with van der Waals surface area (Å²) in [5.41, 5.74) is -0.894. The molecule has 2 rings (SSSR count). The van der Waals surface area contributed by atoms with Crippen molar-refractivity contribution in [2.24, 2.45) is 17.8 Å². The van der Waals surface area contributed by atoms with Crippen LogP contribution >= 0.6 is 0 Å². The lowest BCUT2D eigenvalue weighted by atomic mass is 9.88. The van der Waals surface area contributed by atoms with Gasteiger partial charge < -0.3 is 40.1 Å². The van der Waals surface area contributed by atoms with E-state index in [1.54, 1.807) is 44.8 Å². The number of carbonyl (C=O) groups excluding carboxylic acids is 4. The number of carbonyl (C=O) groups is 4. The number of aliphatic hydroxyl groups is 2. The molecule has 13 heteroatoms. The lowest BCUT2D eigenvalue weighted by Crippen LogP contribution is -2.64. The number of likely N-dealkylation sites (N-methyl/N-ethyl adjacent to an activating group) is 2. The molecule has 1 aromatic carbocycles. The molecule has 0 radical (unpaired) electrons. The maximum Gasteiger partial charge on any atom is 0.248 e. The average molecular weight is 748 g/mol. The Bertz CT molecular complexity index is 1310. The summed E-state index contributed by atoms with van der Waals surface area (Å²) in [5.74, 6) is -2.11. The molecule has 0 aromatic heterocycles. The number of aliphatic hydroxyl groups excluding tert-OH is 1. The van der Waals surface area contributed by atoms with Gasteiger partial charge in [-0.15, -0.1) is 0 Å². The summed E-state index contributed by atoms with van der Waals surface area (Å²) in [6, 6.07) is 5.87. The summed E-state index contributed by atoms with van der Waals surface area (Å²) < 4.78 is 11.9. The number of hydrogen-bond acceptors (Lipinski definition) is 9. The molecule has 1 aliphatic heterocycles. The number of benzene rings is 1. The minimum Gasteiger partial charge on any atom is -0.388 e. The molecule has 0 aliphatic carbocycles. The Hall–Kier alpha value is -3.10. The zero-order valence-corrected chi connectivity index (χ0v) is 34.5. The van der Waals surface area contributed by atoms with Crippen molar-refractivity contribution < 1.29 is 38.9 Å². The third kappa shape index (κ3) is 11.9. The van der Waals surface area contributed by atoms with Gasteiger partial charge in [0.05, 0.1) is 60.4 Å². The van der Waals surface area contributed by atoms with Crippen molar-refractivity contribution in [3.05, 3.63) is 35.9 Å². The van der Waals surface area contributed by atoms with E-state index >= 15 is 0 Å². The molecule has 1 aliphatic rings. The summed E-state index contributed by atoms with van der Waals surface area (Å²) in [6.45, 7) is 14.8. The van der Waals surface area contributed by atoms with Gasteiger partial charge in [0.15, 0.2) is 0 Å². The van der Waals surface area contributed by atoms with Crippen molar-refractivity contribution in [3.8, 4) is 0 Å². The minimum absolute atomic E-state index is 0.0352. The van der Waals surface area contributed by atoms with Crippen molar-refractivity contribution in [1.82, 2.24) is 25.3 Å². The van der Waals surface area contributed by atoms with Crippen LogP contribution in [0.5, 0.6) is 0 Å². The molecule has 1 saturated heterocycles. The minimum atomic E-state index is -1.59. The number of ether oxygens (including phenoxy) is 2. The Kier molecular flexibility index (Phi) is 17.9. The zero-order valence-electron chi connectivity index (χ0n) is 34.5. The maximum absolute atomic E-state index is 14.2. The first-order valence-electron chi connectivity index (χ1n) is 19.1. The van der Waals surface area contributed by atoms with E-state index < -0.39 is 59.9 Å². The highest BCUT2D eigenvalue weighted by molar-refractivity contribution is 5.91. The van der Waals surface area contributed by atoms with Gasteiger partial charge in [-0.25, -0.2) is 0 Å². The van der Waals surface area contributed by atoms with Gasteiger partial charge in [-0.2, -0.15) is 0 Å². The zero-order chi connectivity index (χ0) is 40.4. The van der Waals surface area contributed by atoms with Crippen LogP contribution in [-0.4, -0.2) is 138 Å². The fourth-order valence-corrected chi connectivity index (χ4v) is 7.79. The van der Waals surface area contributed by atoms with Crippen LogP contribution in [0.4, 0.5) is 0 Å². The van der Waals surface area contributed by atoms with Gasteiger partial charge >= 0.3 is 0 Å². The largest absolute Gasteiger partial charge is 0.388 e. The van der Waals surface area contributed by atoms with E-state index in [1.807, 2.05) is 58.0 Å². The van der Waals surface area contributed by atoms with Crippen molar-refractivity contribution >= 4 is 23.6 Å². The van der Waals surface area contributed by atoms with Crippen LogP contribution in [0.2, 0.25) is 0 Å². The second-order valence-electron chi connectivity index (χ2n) is 16.0. The number of likely N-dealkylation sites (tertiary alicyclic amines) is 1. The van der Waals surface area contributed by atoms with Crippen LogP contribution in [0.15, 0.2) is 30.3 Å². The van der Waals surface area contributed by atoms with Gasteiger partial charge in [-0.05, 0) is 65.1 Å². The number of amides is 4. The monoisotopic (exact) mass is 748 g/mol. The van der Waals surface area contributed by atoms with Gasteiger partial charge in [0.1, 0.15) is 6.04 Å². The van der Waals surface area contributed by atoms with E-state index in [-0.39, 0.29) is 42.0 Å². The molecule has 302 valence electrons. The molecular formula is C40H69N5O8. The highest BCUT2D eigenvalue weighted by atomic mass is 16.5. The van der Waals surface area contributed by atoms with Crippen LogP contribution in [0, 0.1) is 17.8 Å². The molecule has 4 amide bonds. The van der Waals surface area contributed by atoms with Gasteiger partial charge in [0.25, 0.3) is 0 Å². The lowest BCUT2D eigenvalue weighted by Gasteiger charge is -2.42. The molecule has 1 aromatic rings. The first-order valence-corrected chi connectivity index (χ1v) is 19.1. The number of nitrogens with one attached hydrogen (secondary N) is 2. The predicted octanol–water partition coefficient (Wildman–Crippen LogP) is 2.99. The quantitative estimate of drug-likeness (QED) is 0.157. The van der Waals surface area contributed by atoms with Crippen molar-refractivity contribution in [1.29, 1.82) is 0 Å². The molecular weight excluding hydrogens is 678 g/mol. The summed E-state index contributed by atoms with van der Waals surface area (Å²) >= 11 is 0. The number of methoxy groups -OCH3 is 2. The highest BCUT2D eigenvalue weighted by Crippen LogP contribution is 2.30. The van der Waals surface area contributed by atoms with Crippen LogP contribution in [0.1, 0.15) is 92.7 Å². The molecule has 53 heavy (non-hydrogen) atoms. The highest BCUT2D eigenvalue weighted by Gasteiger charge is 2.45. The van der Waals surface area contributed by atoms with E-state index in [9.17, 15) is 29.4 Å².